The Bertz CT molecular complexity index is 440. The third-order valence-corrected chi connectivity index (χ3v) is 2.49. The molecule has 0 radical (unpaired) electrons. The highest BCUT2D eigenvalue weighted by molar-refractivity contribution is 5.68. The normalized spacial score (nSPS) is 15.4. The zero-order chi connectivity index (χ0) is 13.2. The predicted molar refractivity (Wildman–Crippen MR) is 66.4 cm³/mol. The highest BCUT2D eigenvalue weighted by Crippen LogP contribution is 2.22. The van der Waals surface area contributed by atoms with E-state index in [0.717, 1.165) is 11.3 Å². The molecule has 1 aliphatic rings. The van der Waals surface area contributed by atoms with Crippen molar-refractivity contribution < 1.29 is 14.3 Å². The average Bonchev–Trinajstić information content (AvgIpc) is 2.48. The maximum absolute atomic E-state index is 12.0. The summed E-state index contributed by atoms with van der Waals surface area (Å²) in [5, 5.41) is 0. The van der Waals surface area contributed by atoms with Crippen molar-refractivity contribution in [3.63, 3.8) is 0 Å². The van der Waals surface area contributed by atoms with Crippen LogP contribution in [0, 0.1) is 0 Å². The van der Waals surface area contributed by atoms with Gasteiger partial charge in [0.05, 0.1) is 13.1 Å². The molecule has 18 heavy (non-hydrogen) atoms. The van der Waals surface area contributed by atoms with E-state index < -0.39 is 5.60 Å². The second-order valence-electron chi connectivity index (χ2n) is 5.23. The second-order valence-corrected chi connectivity index (χ2v) is 5.23. The summed E-state index contributed by atoms with van der Waals surface area (Å²) >= 11 is 0. The number of rotatable bonds is 0. The minimum atomic E-state index is -0.484. The molecule has 0 saturated carbocycles. The lowest BCUT2D eigenvalue weighted by atomic mass is 10.2. The van der Waals surface area contributed by atoms with Gasteiger partial charge in [-0.1, -0.05) is 0 Å². The van der Waals surface area contributed by atoms with Crippen molar-refractivity contribution in [3.05, 3.63) is 24.0 Å². The Hall–Kier alpha value is -1.78. The van der Waals surface area contributed by atoms with Crippen molar-refractivity contribution in [2.24, 2.45) is 0 Å². The minimum absolute atomic E-state index is 0.317. The number of hydrogen-bond donors (Lipinski definition) is 0. The summed E-state index contributed by atoms with van der Waals surface area (Å²) in [7, 11) is 0. The molecule has 2 rings (SSSR count). The lowest BCUT2D eigenvalue weighted by Gasteiger charge is -2.25. The first-order chi connectivity index (χ1) is 8.46. The van der Waals surface area contributed by atoms with Crippen molar-refractivity contribution in [1.82, 2.24) is 9.88 Å². The highest BCUT2D eigenvalue weighted by Gasteiger charge is 2.24. The summed E-state index contributed by atoms with van der Waals surface area (Å²) in [5.74, 6) is 0.788. The Morgan fingerprint density at radius 1 is 1.50 bits per heavy atom. The van der Waals surface area contributed by atoms with Crippen molar-refractivity contribution >= 4 is 6.09 Å². The summed E-state index contributed by atoms with van der Waals surface area (Å²) in [6.07, 6.45) is 3.09. The van der Waals surface area contributed by atoms with E-state index in [9.17, 15) is 4.79 Å². The molecular weight excluding hydrogens is 232 g/mol. The van der Waals surface area contributed by atoms with Gasteiger partial charge in [0.2, 0.25) is 0 Å². The maximum Gasteiger partial charge on any atom is 0.410 e. The number of nitrogens with zero attached hydrogens (tertiary/aromatic N) is 2. The number of ether oxygens (including phenoxy) is 2. The molecule has 98 valence electrons. The number of carbonyl (C=O) groups excluding carboxylic acids is 1. The van der Waals surface area contributed by atoms with Crippen LogP contribution < -0.4 is 4.74 Å². The molecule has 2 heterocycles. The zero-order valence-electron chi connectivity index (χ0n) is 11.0. The number of fused-ring (bicyclic) bond motifs is 1. The smallest absolute Gasteiger partial charge is 0.410 e. The van der Waals surface area contributed by atoms with Gasteiger partial charge in [0.15, 0.2) is 0 Å². The molecule has 0 N–H and O–H groups in total. The van der Waals surface area contributed by atoms with Gasteiger partial charge in [0.1, 0.15) is 18.0 Å². The summed E-state index contributed by atoms with van der Waals surface area (Å²) in [6, 6.07) is 1.81. The third kappa shape index (κ3) is 3.12. The van der Waals surface area contributed by atoms with Gasteiger partial charge in [-0.2, -0.15) is 0 Å². The minimum Gasteiger partial charge on any atom is -0.491 e. The van der Waals surface area contributed by atoms with Crippen LogP contribution in [0.3, 0.4) is 0 Å². The van der Waals surface area contributed by atoms with Gasteiger partial charge < -0.3 is 14.4 Å². The fourth-order valence-corrected chi connectivity index (χ4v) is 1.71. The molecular formula is C13H18N2O3. The number of hydrogen-bond acceptors (Lipinski definition) is 4. The average molecular weight is 250 g/mol. The van der Waals surface area contributed by atoms with Crippen LogP contribution in [0.25, 0.3) is 0 Å². The lowest BCUT2D eigenvalue weighted by Crippen LogP contribution is -2.37. The first-order valence-corrected chi connectivity index (χ1v) is 5.99. The van der Waals surface area contributed by atoms with E-state index in [0.29, 0.717) is 19.7 Å². The van der Waals surface area contributed by atoms with E-state index in [1.54, 1.807) is 17.3 Å². The molecule has 1 aliphatic heterocycles. The van der Waals surface area contributed by atoms with E-state index in [1.165, 1.54) is 0 Å². The van der Waals surface area contributed by atoms with Gasteiger partial charge in [0.25, 0.3) is 0 Å². The quantitative estimate of drug-likeness (QED) is 0.708. The van der Waals surface area contributed by atoms with Gasteiger partial charge in [-0.05, 0) is 26.8 Å². The van der Waals surface area contributed by atoms with Crippen LogP contribution in [0.4, 0.5) is 4.79 Å². The SMILES string of the molecule is CC(C)(C)OC(=O)N1CCOc2ccncc2C1. The lowest BCUT2D eigenvalue weighted by molar-refractivity contribution is 0.0225. The van der Waals surface area contributed by atoms with Gasteiger partial charge in [-0.25, -0.2) is 4.79 Å². The Balaban J connectivity index is 2.10. The van der Waals surface area contributed by atoms with Crippen molar-refractivity contribution in [3.8, 4) is 5.75 Å². The van der Waals surface area contributed by atoms with Crippen LogP contribution in [-0.4, -0.2) is 34.7 Å². The molecule has 1 aromatic rings. The van der Waals surface area contributed by atoms with Crippen LogP contribution in [0.15, 0.2) is 18.5 Å². The molecule has 1 amide bonds. The van der Waals surface area contributed by atoms with E-state index in [-0.39, 0.29) is 6.09 Å². The first-order valence-electron chi connectivity index (χ1n) is 5.99. The van der Waals surface area contributed by atoms with Gasteiger partial charge in [-0.3, -0.25) is 4.98 Å². The maximum atomic E-state index is 12.0. The molecule has 5 heteroatoms. The molecule has 1 aromatic heterocycles. The second kappa shape index (κ2) is 4.84. The predicted octanol–water partition coefficient (Wildman–Crippen LogP) is 2.21. The molecule has 0 saturated heterocycles. The largest absolute Gasteiger partial charge is 0.491 e. The van der Waals surface area contributed by atoms with Crippen molar-refractivity contribution in [2.75, 3.05) is 13.2 Å². The monoisotopic (exact) mass is 250 g/mol. The Labute approximate surface area is 107 Å². The molecule has 0 aromatic carbocycles. The Morgan fingerprint density at radius 3 is 3.00 bits per heavy atom. The van der Waals surface area contributed by atoms with E-state index >= 15 is 0 Å². The van der Waals surface area contributed by atoms with Crippen molar-refractivity contribution in [1.29, 1.82) is 0 Å². The number of pyridine rings is 1. The number of carbonyl (C=O) groups is 1. The van der Waals surface area contributed by atoms with Crippen LogP contribution in [0.1, 0.15) is 26.3 Å². The molecule has 0 bridgehead atoms. The first kappa shape index (κ1) is 12.7. The standard InChI is InChI=1S/C13H18N2O3/c1-13(2,3)18-12(16)15-6-7-17-11-4-5-14-8-10(11)9-15/h4-5,8H,6-7,9H2,1-3H3. The molecule has 0 unspecified atom stereocenters. The topological polar surface area (TPSA) is 51.7 Å². The Morgan fingerprint density at radius 2 is 2.28 bits per heavy atom. The van der Waals surface area contributed by atoms with E-state index in [2.05, 4.69) is 4.98 Å². The van der Waals surface area contributed by atoms with Crippen LogP contribution in [0.5, 0.6) is 5.75 Å². The highest BCUT2D eigenvalue weighted by atomic mass is 16.6. The number of aromatic nitrogens is 1. The van der Waals surface area contributed by atoms with Gasteiger partial charge in [0, 0.05) is 18.0 Å². The Kier molecular flexibility index (Phi) is 3.41. The summed E-state index contributed by atoms with van der Waals surface area (Å²) in [5.41, 5.74) is 0.419. The number of amides is 1. The van der Waals surface area contributed by atoms with Crippen molar-refractivity contribution in [2.45, 2.75) is 32.9 Å². The molecule has 0 spiro atoms. The van der Waals surface area contributed by atoms with Crippen LogP contribution in [-0.2, 0) is 11.3 Å². The molecule has 5 nitrogen and oxygen atoms in total. The molecule has 0 fully saturated rings. The fraction of sp³-hybridized carbons (Fsp3) is 0.538. The van der Waals surface area contributed by atoms with E-state index in [4.69, 9.17) is 9.47 Å². The summed E-state index contributed by atoms with van der Waals surface area (Å²) < 4.78 is 10.9. The van der Waals surface area contributed by atoms with Gasteiger partial charge >= 0.3 is 6.09 Å². The van der Waals surface area contributed by atoms with Crippen LogP contribution in [0.2, 0.25) is 0 Å². The van der Waals surface area contributed by atoms with Crippen LogP contribution >= 0.6 is 0 Å². The zero-order valence-corrected chi connectivity index (χ0v) is 11.0. The molecule has 0 aliphatic carbocycles. The van der Waals surface area contributed by atoms with Gasteiger partial charge in [-0.15, -0.1) is 0 Å². The summed E-state index contributed by atoms with van der Waals surface area (Å²) in [4.78, 5) is 17.7. The third-order valence-electron chi connectivity index (χ3n) is 2.49. The fourth-order valence-electron chi connectivity index (χ4n) is 1.71. The van der Waals surface area contributed by atoms with E-state index in [1.807, 2.05) is 26.8 Å². The summed E-state index contributed by atoms with van der Waals surface area (Å²) in [6.45, 7) is 7.02. The molecule has 0 atom stereocenters.